The van der Waals surface area contributed by atoms with Crippen LogP contribution in [-0.2, 0) is 6.54 Å². The molecule has 90 valence electrons. The summed E-state index contributed by atoms with van der Waals surface area (Å²) in [5.41, 5.74) is -1.97. The number of unbranched alkanes of at least 4 members (excludes halogenated alkanes) is 3. The van der Waals surface area contributed by atoms with Gasteiger partial charge in [0, 0.05) is 6.54 Å². The van der Waals surface area contributed by atoms with Gasteiger partial charge >= 0.3 is 5.69 Å². The number of aromatic amines is 1. The maximum Gasteiger partial charge on any atom is 0.331 e. The lowest BCUT2D eigenvalue weighted by molar-refractivity contribution is 0.355. The zero-order valence-electron chi connectivity index (χ0n) is 9.12. The normalized spacial score (nSPS) is 10.6. The first-order chi connectivity index (χ1) is 7.57. The van der Waals surface area contributed by atoms with Gasteiger partial charge in [-0.15, -0.1) is 0 Å². The predicted octanol–water partition coefficient (Wildman–Crippen LogP) is 0.962. The van der Waals surface area contributed by atoms with Gasteiger partial charge in [-0.1, -0.05) is 26.2 Å². The average Bonchev–Trinajstić information content (AvgIpc) is 2.25. The maximum atomic E-state index is 13.0. The highest BCUT2D eigenvalue weighted by atomic mass is 19.1. The summed E-state index contributed by atoms with van der Waals surface area (Å²) in [6.45, 7) is 2.25. The minimum absolute atomic E-state index is 0.207. The Labute approximate surface area is 91.6 Å². The summed E-state index contributed by atoms with van der Waals surface area (Å²) in [4.78, 5) is 23.8. The van der Waals surface area contributed by atoms with Crippen LogP contribution in [0.1, 0.15) is 32.6 Å². The van der Waals surface area contributed by atoms with E-state index >= 15 is 0 Å². The number of rotatable bonds is 5. The van der Waals surface area contributed by atoms with E-state index in [1.165, 1.54) is 0 Å². The summed E-state index contributed by atoms with van der Waals surface area (Å²) in [6.07, 6.45) is 3.61. The molecule has 1 heterocycles. The molecule has 0 saturated carbocycles. The zero-order chi connectivity index (χ0) is 12.1. The molecule has 0 atom stereocenters. The molecule has 0 spiro atoms. The Balaban J connectivity index is 2.84. The van der Waals surface area contributed by atoms with Crippen molar-refractivity contribution >= 4 is 0 Å². The summed E-state index contributed by atoms with van der Waals surface area (Å²) in [7, 11) is 0. The SMILES string of the molecule is CCCCCCn1c(O)c(F)c(=O)[nH]c1=O. The van der Waals surface area contributed by atoms with E-state index in [-0.39, 0.29) is 6.54 Å². The quantitative estimate of drug-likeness (QED) is 0.740. The lowest BCUT2D eigenvalue weighted by Crippen LogP contribution is -2.31. The molecule has 0 fully saturated rings. The highest BCUT2D eigenvalue weighted by Gasteiger charge is 2.12. The third kappa shape index (κ3) is 2.71. The third-order valence-corrected chi connectivity index (χ3v) is 2.35. The number of hydrogen-bond donors (Lipinski definition) is 2. The zero-order valence-corrected chi connectivity index (χ0v) is 9.12. The maximum absolute atomic E-state index is 13.0. The van der Waals surface area contributed by atoms with E-state index in [1.54, 1.807) is 4.98 Å². The van der Waals surface area contributed by atoms with Crippen LogP contribution in [0, 0.1) is 5.82 Å². The first kappa shape index (κ1) is 12.5. The summed E-state index contributed by atoms with van der Waals surface area (Å²) in [6, 6.07) is 0. The predicted molar refractivity (Wildman–Crippen MR) is 57.1 cm³/mol. The second kappa shape index (κ2) is 5.48. The minimum Gasteiger partial charge on any atom is -0.492 e. The fourth-order valence-electron chi connectivity index (χ4n) is 1.44. The number of H-pyrrole nitrogens is 1. The van der Waals surface area contributed by atoms with Gasteiger partial charge in [-0.05, 0) is 6.42 Å². The Kier molecular flexibility index (Phi) is 4.28. The van der Waals surface area contributed by atoms with Crippen molar-refractivity contribution in [3.05, 3.63) is 26.7 Å². The van der Waals surface area contributed by atoms with E-state index in [1.807, 2.05) is 6.92 Å². The largest absolute Gasteiger partial charge is 0.492 e. The van der Waals surface area contributed by atoms with Crippen molar-refractivity contribution in [2.24, 2.45) is 0 Å². The number of halogens is 1. The molecule has 5 nitrogen and oxygen atoms in total. The molecule has 0 amide bonds. The molecule has 0 radical (unpaired) electrons. The van der Waals surface area contributed by atoms with Gasteiger partial charge in [0.25, 0.3) is 5.56 Å². The van der Waals surface area contributed by atoms with Crippen LogP contribution in [-0.4, -0.2) is 14.7 Å². The van der Waals surface area contributed by atoms with Gasteiger partial charge in [-0.3, -0.25) is 14.3 Å². The van der Waals surface area contributed by atoms with Crippen LogP contribution in [0.2, 0.25) is 0 Å². The number of hydrogen-bond acceptors (Lipinski definition) is 3. The van der Waals surface area contributed by atoms with E-state index in [0.717, 1.165) is 23.8 Å². The van der Waals surface area contributed by atoms with Gasteiger partial charge in [0.1, 0.15) is 0 Å². The number of nitrogens with zero attached hydrogens (tertiary/aromatic N) is 1. The Morgan fingerprint density at radius 1 is 1.31 bits per heavy atom. The number of aromatic nitrogens is 2. The van der Waals surface area contributed by atoms with Crippen molar-refractivity contribution in [2.45, 2.75) is 39.2 Å². The molecule has 1 aromatic heterocycles. The molecule has 2 N–H and O–H groups in total. The van der Waals surface area contributed by atoms with E-state index in [2.05, 4.69) is 0 Å². The van der Waals surface area contributed by atoms with Crippen molar-refractivity contribution in [1.29, 1.82) is 0 Å². The second-order valence-corrected chi connectivity index (χ2v) is 3.61. The first-order valence-electron chi connectivity index (χ1n) is 5.29. The molecule has 0 unspecified atom stereocenters. The van der Waals surface area contributed by atoms with Crippen LogP contribution in [0.3, 0.4) is 0 Å². The highest BCUT2D eigenvalue weighted by Crippen LogP contribution is 2.09. The van der Waals surface area contributed by atoms with Crippen molar-refractivity contribution in [1.82, 2.24) is 9.55 Å². The van der Waals surface area contributed by atoms with Crippen molar-refractivity contribution in [3.8, 4) is 5.88 Å². The van der Waals surface area contributed by atoms with Crippen LogP contribution in [0.4, 0.5) is 4.39 Å². The molecule has 0 aliphatic rings. The summed E-state index contributed by atoms with van der Waals surface area (Å²) in [5.74, 6) is -2.19. The van der Waals surface area contributed by atoms with Gasteiger partial charge in [-0.25, -0.2) is 4.79 Å². The molecule has 0 saturated heterocycles. The number of aromatic hydroxyl groups is 1. The third-order valence-electron chi connectivity index (χ3n) is 2.35. The molecule has 0 aliphatic heterocycles. The smallest absolute Gasteiger partial charge is 0.331 e. The van der Waals surface area contributed by atoms with E-state index < -0.39 is 22.9 Å². The molecular weight excluding hydrogens is 215 g/mol. The van der Waals surface area contributed by atoms with Gasteiger partial charge in [0.2, 0.25) is 11.7 Å². The van der Waals surface area contributed by atoms with Gasteiger partial charge in [0.15, 0.2) is 0 Å². The Hall–Kier alpha value is -1.59. The topological polar surface area (TPSA) is 75.1 Å². The van der Waals surface area contributed by atoms with E-state index in [0.29, 0.717) is 6.42 Å². The summed E-state index contributed by atoms with van der Waals surface area (Å²) in [5, 5.41) is 9.28. The molecule has 6 heteroatoms. The molecule has 1 rings (SSSR count). The Morgan fingerprint density at radius 3 is 2.62 bits per heavy atom. The summed E-state index contributed by atoms with van der Waals surface area (Å²) < 4.78 is 13.8. The molecule has 0 bridgehead atoms. The van der Waals surface area contributed by atoms with E-state index in [4.69, 9.17) is 0 Å². The highest BCUT2D eigenvalue weighted by molar-refractivity contribution is 5.09. The molecule has 16 heavy (non-hydrogen) atoms. The van der Waals surface area contributed by atoms with Crippen LogP contribution >= 0.6 is 0 Å². The lowest BCUT2D eigenvalue weighted by Gasteiger charge is -2.07. The van der Waals surface area contributed by atoms with Crippen molar-refractivity contribution in [2.75, 3.05) is 0 Å². The van der Waals surface area contributed by atoms with Crippen LogP contribution in [0.25, 0.3) is 0 Å². The molecule has 0 aromatic carbocycles. The monoisotopic (exact) mass is 230 g/mol. The van der Waals surface area contributed by atoms with Crippen molar-refractivity contribution < 1.29 is 9.50 Å². The fraction of sp³-hybridized carbons (Fsp3) is 0.600. The van der Waals surface area contributed by atoms with E-state index in [9.17, 15) is 19.1 Å². The van der Waals surface area contributed by atoms with Gasteiger partial charge < -0.3 is 5.11 Å². The van der Waals surface area contributed by atoms with Crippen LogP contribution < -0.4 is 11.2 Å². The Morgan fingerprint density at radius 2 is 2.00 bits per heavy atom. The van der Waals surface area contributed by atoms with Crippen molar-refractivity contribution in [3.63, 3.8) is 0 Å². The van der Waals surface area contributed by atoms with Crippen LogP contribution in [0.15, 0.2) is 9.59 Å². The van der Waals surface area contributed by atoms with Gasteiger partial charge in [-0.2, -0.15) is 4.39 Å². The molecular formula is C10H15FN2O3. The minimum atomic E-state index is -1.31. The summed E-state index contributed by atoms with van der Waals surface area (Å²) >= 11 is 0. The average molecular weight is 230 g/mol. The number of nitrogens with one attached hydrogen (secondary N) is 1. The Bertz CT molecular complexity index is 464. The first-order valence-corrected chi connectivity index (χ1v) is 5.29. The standard InChI is InChI=1S/C10H15FN2O3/c1-2-3-4-5-6-13-9(15)7(11)8(14)12-10(13)16/h15H,2-6H2,1H3,(H,12,14,16). The molecule has 1 aromatic rings. The van der Waals surface area contributed by atoms with Gasteiger partial charge in [0.05, 0.1) is 0 Å². The molecule has 0 aliphatic carbocycles. The fourth-order valence-corrected chi connectivity index (χ4v) is 1.44. The van der Waals surface area contributed by atoms with Crippen LogP contribution in [0.5, 0.6) is 5.88 Å². The second-order valence-electron chi connectivity index (χ2n) is 3.61. The lowest BCUT2D eigenvalue weighted by atomic mass is 10.2.